The zero-order valence-electron chi connectivity index (χ0n) is 6.97. The predicted molar refractivity (Wildman–Crippen MR) is 51.6 cm³/mol. The maximum absolute atomic E-state index is 13.2. The number of benzene rings is 1. The van der Waals surface area contributed by atoms with Crippen molar-refractivity contribution in [3.05, 3.63) is 34.5 Å². The van der Waals surface area contributed by atoms with Crippen molar-refractivity contribution < 1.29 is 4.39 Å². The minimum Gasteiger partial charge on any atom is -0.341 e. The molecular formula is C9H7FN2S. The predicted octanol–water partition coefficient (Wildman–Crippen LogP) is 2.74. The molecule has 0 aliphatic heterocycles. The minimum atomic E-state index is -0.297. The third-order valence-electron chi connectivity index (χ3n) is 1.82. The van der Waals surface area contributed by atoms with Gasteiger partial charge in [-0.3, -0.25) is 0 Å². The summed E-state index contributed by atoms with van der Waals surface area (Å²) in [6, 6.07) is 4.77. The van der Waals surface area contributed by atoms with Gasteiger partial charge in [-0.05, 0) is 19.1 Å². The van der Waals surface area contributed by atoms with E-state index in [2.05, 4.69) is 9.97 Å². The summed E-state index contributed by atoms with van der Waals surface area (Å²) in [7, 11) is 0. The van der Waals surface area contributed by atoms with Gasteiger partial charge in [0.25, 0.3) is 0 Å². The van der Waals surface area contributed by atoms with Gasteiger partial charge < -0.3 is 4.98 Å². The zero-order chi connectivity index (χ0) is 9.42. The summed E-state index contributed by atoms with van der Waals surface area (Å²) in [5.74, 6) is 0.330. The topological polar surface area (TPSA) is 28.7 Å². The molecular weight excluding hydrogens is 187 g/mol. The third kappa shape index (κ3) is 1.33. The summed E-state index contributed by atoms with van der Waals surface area (Å²) >= 11 is 5.00. The maximum atomic E-state index is 13.2. The molecule has 0 unspecified atom stereocenters. The Morgan fingerprint density at radius 2 is 2.23 bits per heavy atom. The lowest BCUT2D eigenvalue weighted by molar-refractivity contribution is 0.636. The largest absolute Gasteiger partial charge is 0.341 e. The van der Waals surface area contributed by atoms with Gasteiger partial charge in [-0.2, -0.15) is 0 Å². The molecule has 1 aromatic carbocycles. The molecule has 0 amide bonds. The second-order valence-electron chi connectivity index (χ2n) is 2.79. The average molecular weight is 194 g/mol. The summed E-state index contributed by atoms with van der Waals surface area (Å²) in [6.07, 6.45) is 0. The van der Waals surface area contributed by atoms with Gasteiger partial charge >= 0.3 is 0 Å². The number of H-pyrrole nitrogens is 1. The van der Waals surface area contributed by atoms with E-state index in [1.165, 1.54) is 6.07 Å². The molecule has 0 radical (unpaired) electrons. The molecule has 0 atom stereocenters. The quantitative estimate of drug-likeness (QED) is 0.653. The van der Waals surface area contributed by atoms with Crippen LogP contribution in [0.5, 0.6) is 0 Å². The van der Waals surface area contributed by atoms with Crippen LogP contribution in [0.25, 0.3) is 10.9 Å². The standard InChI is InChI=1S/C9H7FN2S/c1-5-11-8-6(9(13)12-5)3-2-4-7(8)10/h2-4H,1H3,(H,11,12,13). The number of rotatable bonds is 0. The van der Waals surface area contributed by atoms with E-state index in [-0.39, 0.29) is 5.82 Å². The lowest BCUT2D eigenvalue weighted by atomic mass is 10.2. The summed E-state index contributed by atoms with van der Waals surface area (Å²) < 4.78 is 13.7. The number of aromatic nitrogens is 2. The van der Waals surface area contributed by atoms with E-state index in [4.69, 9.17) is 12.2 Å². The Bertz CT molecular complexity index is 518. The van der Waals surface area contributed by atoms with Crippen molar-refractivity contribution >= 4 is 23.1 Å². The highest BCUT2D eigenvalue weighted by atomic mass is 32.1. The smallest absolute Gasteiger partial charge is 0.147 e. The number of hydrogen-bond acceptors (Lipinski definition) is 2. The number of hydrogen-bond donors (Lipinski definition) is 1. The van der Waals surface area contributed by atoms with Crippen molar-refractivity contribution in [2.24, 2.45) is 0 Å². The van der Waals surface area contributed by atoms with Crippen LogP contribution in [0.4, 0.5) is 4.39 Å². The van der Waals surface area contributed by atoms with E-state index in [1.54, 1.807) is 19.1 Å². The maximum Gasteiger partial charge on any atom is 0.147 e. The Kier molecular flexibility index (Phi) is 1.84. The van der Waals surface area contributed by atoms with E-state index in [0.29, 0.717) is 21.4 Å². The van der Waals surface area contributed by atoms with Crippen molar-refractivity contribution in [1.29, 1.82) is 0 Å². The molecule has 0 bridgehead atoms. The molecule has 66 valence electrons. The van der Waals surface area contributed by atoms with Crippen LogP contribution < -0.4 is 0 Å². The molecule has 0 saturated heterocycles. The molecule has 0 spiro atoms. The van der Waals surface area contributed by atoms with Gasteiger partial charge in [0.1, 0.15) is 16.3 Å². The van der Waals surface area contributed by atoms with E-state index >= 15 is 0 Å². The lowest BCUT2D eigenvalue weighted by Gasteiger charge is -2.00. The first-order chi connectivity index (χ1) is 6.18. The average Bonchev–Trinajstić information content (AvgIpc) is 2.07. The second-order valence-corrected chi connectivity index (χ2v) is 3.18. The van der Waals surface area contributed by atoms with Crippen molar-refractivity contribution in [1.82, 2.24) is 9.97 Å². The molecule has 2 nitrogen and oxygen atoms in total. The van der Waals surface area contributed by atoms with Crippen LogP contribution in [0.1, 0.15) is 5.82 Å². The highest BCUT2D eigenvalue weighted by molar-refractivity contribution is 7.71. The van der Waals surface area contributed by atoms with Gasteiger partial charge in [0.2, 0.25) is 0 Å². The number of nitrogens with zero attached hydrogens (tertiary/aromatic N) is 1. The molecule has 1 heterocycles. The summed E-state index contributed by atoms with van der Waals surface area (Å²) in [4.78, 5) is 6.88. The molecule has 4 heteroatoms. The van der Waals surface area contributed by atoms with Gasteiger partial charge in [-0.25, -0.2) is 9.37 Å². The lowest BCUT2D eigenvalue weighted by Crippen LogP contribution is -1.92. The number of aromatic amines is 1. The molecule has 2 rings (SSSR count). The molecule has 1 N–H and O–H groups in total. The van der Waals surface area contributed by atoms with E-state index < -0.39 is 0 Å². The fraction of sp³-hybridized carbons (Fsp3) is 0.111. The third-order valence-corrected chi connectivity index (χ3v) is 2.13. The van der Waals surface area contributed by atoms with Crippen molar-refractivity contribution in [2.75, 3.05) is 0 Å². The van der Waals surface area contributed by atoms with Gasteiger partial charge in [-0.1, -0.05) is 18.3 Å². The van der Waals surface area contributed by atoms with Crippen LogP contribution in [0.3, 0.4) is 0 Å². The Balaban J connectivity index is 3.03. The Labute approximate surface area is 79.4 Å². The first-order valence-corrected chi connectivity index (χ1v) is 4.24. The minimum absolute atomic E-state index is 0.297. The Hall–Kier alpha value is -1.29. The molecule has 0 fully saturated rings. The van der Waals surface area contributed by atoms with Crippen molar-refractivity contribution in [2.45, 2.75) is 6.92 Å². The highest BCUT2D eigenvalue weighted by Gasteiger charge is 2.02. The number of nitrogens with one attached hydrogen (secondary N) is 1. The van der Waals surface area contributed by atoms with E-state index in [0.717, 1.165) is 0 Å². The summed E-state index contributed by atoms with van der Waals surface area (Å²) in [5.41, 5.74) is 0.431. The van der Waals surface area contributed by atoms with Crippen molar-refractivity contribution in [3.63, 3.8) is 0 Å². The normalized spacial score (nSPS) is 10.6. The molecule has 13 heavy (non-hydrogen) atoms. The van der Waals surface area contributed by atoms with E-state index in [9.17, 15) is 4.39 Å². The van der Waals surface area contributed by atoms with Crippen LogP contribution in [0.2, 0.25) is 0 Å². The van der Waals surface area contributed by atoms with Crippen LogP contribution in [0, 0.1) is 17.4 Å². The first kappa shape index (κ1) is 8.31. The summed E-state index contributed by atoms with van der Waals surface area (Å²) in [5, 5.41) is 0.653. The molecule has 0 aliphatic carbocycles. The van der Waals surface area contributed by atoms with Crippen LogP contribution in [-0.2, 0) is 0 Å². The Morgan fingerprint density at radius 3 is 3.00 bits per heavy atom. The van der Waals surface area contributed by atoms with Gasteiger partial charge in [0, 0.05) is 5.39 Å². The van der Waals surface area contributed by atoms with Crippen molar-refractivity contribution in [3.8, 4) is 0 Å². The number of fused-ring (bicyclic) bond motifs is 1. The van der Waals surface area contributed by atoms with Gasteiger partial charge in [-0.15, -0.1) is 0 Å². The number of aryl methyl sites for hydroxylation is 1. The molecule has 1 aromatic heterocycles. The first-order valence-electron chi connectivity index (χ1n) is 3.83. The van der Waals surface area contributed by atoms with Crippen LogP contribution in [0.15, 0.2) is 18.2 Å². The highest BCUT2D eigenvalue weighted by Crippen LogP contribution is 2.15. The van der Waals surface area contributed by atoms with Gasteiger partial charge in [0.15, 0.2) is 0 Å². The van der Waals surface area contributed by atoms with Gasteiger partial charge in [0.05, 0.1) is 5.52 Å². The molecule has 2 aromatic rings. The Morgan fingerprint density at radius 1 is 1.46 bits per heavy atom. The molecule has 0 aliphatic rings. The number of para-hydroxylation sites is 1. The fourth-order valence-corrected chi connectivity index (χ4v) is 1.56. The molecule has 0 saturated carbocycles. The fourth-order valence-electron chi connectivity index (χ4n) is 1.25. The SMILES string of the molecule is Cc1nc(=S)c2cccc(F)c2[nH]1. The van der Waals surface area contributed by atoms with Crippen LogP contribution in [-0.4, -0.2) is 9.97 Å². The monoisotopic (exact) mass is 194 g/mol. The number of halogens is 1. The van der Waals surface area contributed by atoms with E-state index in [1.807, 2.05) is 0 Å². The zero-order valence-corrected chi connectivity index (χ0v) is 7.78. The summed E-state index contributed by atoms with van der Waals surface area (Å²) in [6.45, 7) is 1.75. The second kappa shape index (κ2) is 2.88. The van der Waals surface area contributed by atoms with Crippen LogP contribution >= 0.6 is 12.2 Å².